The Morgan fingerprint density at radius 1 is 1.10 bits per heavy atom. The van der Waals surface area contributed by atoms with Crippen molar-refractivity contribution >= 4 is 11.8 Å². The van der Waals surface area contributed by atoms with E-state index in [0.717, 1.165) is 28.3 Å². The molecule has 0 spiro atoms. The van der Waals surface area contributed by atoms with Crippen molar-refractivity contribution in [2.24, 2.45) is 0 Å². The Bertz CT molecular complexity index is 1250. The summed E-state index contributed by atoms with van der Waals surface area (Å²) in [6.45, 7) is 2.67. The number of aryl methyl sites for hydroxylation is 1. The summed E-state index contributed by atoms with van der Waals surface area (Å²) in [7, 11) is 0. The first-order valence-corrected chi connectivity index (χ1v) is 9.36. The second kappa shape index (κ2) is 6.73. The van der Waals surface area contributed by atoms with Crippen molar-refractivity contribution in [3.63, 3.8) is 0 Å². The molecule has 0 saturated carbocycles. The number of carbonyl (C=O) groups excluding carboxylic acids is 1. The quantitative estimate of drug-likeness (QED) is 0.383. The zero-order valence-corrected chi connectivity index (χ0v) is 16.1. The molecule has 0 saturated heterocycles. The van der Waals surface area contributed by atoms with Crippen molar-refractivity contribution in [2.75, 3.05) is 0 Å². The molecule has 1 aliphatic rings. The molecule has 5 rings (SSSR count). The number of aromatic nitrogens is 3. The van der Waals surface area contributed by atoms with Crippen LogP contribution in [0.3, 0.4) is 0 Å². The second-order valence-electron chi connectivity index (χ2n) is 7.14. The molecule has 0 fully saturated rings. The van der Waals surface area contributed by atoms with Gasteiger partial charge in [-0.15, -0.1) is 0 Å². The van der Waals surface area contributed by atoms with Crippen LogP contribution in [0.1, 0.15) is 27.4 Å². The Morgan fingerprint density at radius 2 is 1.83 bits per heavy atom. The minimum absolute atomic E-state index is 0.0548. The van der Waals surface area contributed by atoms with E-state index in [1.807, 2.05) is 65.0 Å². The molecular weight excluding hydrogens is 386 g/mol. The number of hydrogen-bond donors (Lipinski definition) is 0. The normalized spacial score (nSPS) is 12.9. The van der Waals surface area contributed by atoms with Gasteiger partial charge in [0.1, 0.15) is 10.7 Å². The molecule has 1 aliphatic heterocycles. The highest BCUT2D eigenvalue weighted by Crippen LogP contribution is 2.32. The summed E-state index contributed by atoms with van der Waals surface area (Å²) in [5, 5.41) is 15.6. The maximum absolute atomic E-state index is 12.8. The van der Waals surface area contributed by atoms with Crippen molar-refractivity contribution in [2.45, 2.75) is 20.0 Å². The minimum Gasteiger partial charge on any atom is -0.395 e. The number of nitro groups is 1. The monoisotopic (exact) mass is 403 g/mol. The average molecular weight is 403 g/mol. The molecule has 4 aromatic rings. The fourth-order valence-electron chi connectivity index (χ4n) is 3.65. The second-order valence-corrected chi connectivity index (χ2v) is 7.14. The lowest BCUT2D eigenvalue weighted by Gasteiger charge is -2.16. The fourth-order valence-corrected chi connectivity index (χ4v) is 3.65. The number of hydrogen-bond acceptors (Lipinski definition) is 5. The molecule has 4 heterocycles. The summed E-state index contributed by atoms with van der Waals surface area (Å²) in [4.78, 5) is 24.6. The van der Waals surface area contributed by atoms with E-state index >= 15 is 0 Å². The average Bonchev–Trinajstić information content (AvgIpc) is 3.50. The van der Waals surface area contributed by atoms with Crippen molar-refractivity contribution in [3.05, 3.63) is 93.6 Å². The highest BCUT2D eigenvalue weighted by Gasteiger charge is 2.33. The third-order valence-corrected chi connectivity index (χ3v) is 5.13. The number of rotatable bonds is 4. The van der Waals surface area contributed by atoms with Gasteiger partial charge in [0.2, 0.25) is 0 Å². The fraction of sp³-hybridized carbons (Fsp3) is 0.143. The van der Waals surface area contributed by atoms with Gasteiger partial charge in [0.15, 0.2) is 5.76 Å². The molecule has 30 heavy (non-hydrogen) atoms. The van der Waals surface area contributed by atoms with Crippen molar-refractivity contribution in [1.82, 2.24) is 19.2 Å². The van der Waals surface area contributed by atoms with Crippen molar-refractivity contribution < 1.29 is 14.1 Å². The smallest absolute Gasteiger partial charge is 0.395 e. The van der Waals surface area contributed by atoms with Crippen molar-refractivity contribution in [1.29, 1.82) is 0 Å². The first kappa shape index (κ1) is 17.9. The number of fused-ring (bicyclic) bond motifs is 1. The summed E-state index contributed by atoms with van der Waals surface area (Å²) in [5.74, 6) is -0.0466. The standard InChI is InChI=1S/C21H17N5O4/c1-14-4-6-15(7-5-14)25-20(23-10-2-3-11-23)16-12-24(13-17(16)22-25)21(27)18-8-9-19(30-18)26(28)29/h2-11H,12-13H2,1H3. The van der Waals surface area contributed by atoms with Gasteiger partial charge >= 0.3 is 5.88 Å². The van der Waals surface area contributed by atoms with Gasteiger partial charge < -0.3 is 13.9 Å². The van der Waals surface area contributed by atoms with E-state index in [4.69, 9.17) is 9.52 Å². The van der Waals surface area contributed by atoms with Gasteiger partial charge in [0.25, 0.3) is 5.91 Å². The lowest BCUT2D eigenvalue weighted by atomic mass is 10.2. The first-order chi connectivity index (χ1) is 14.5. The number of amides is 1. The lowest BCUT2D eigenvalue weighted by Crippen LogP contribution is -2.26. The number of carbonyl (C=O) groups is 1. The predicted molar refractivity (Wildman–Crippen MR) is 107 cm³/mol. The summed E-state index contributed by atoms with van der Waals surface area (Å²) >= 11 is 0. The van der Waals surface area contributed by atoms with E-state index in [9.17, 15) is 14.9 Å². The number of furan rings is 1. The Labute approximate surface area is 170 Å². The van der Waals surface area contributed by atoms with E-state index in [2.05, 4.69) is 0 Å². The van der Waals surface area contributed by atoms with Crippen LogP contribution < -0.4 is 0 Å². The van der Waals surface area contributed by atoms with Crippen LogP contribution in [0.5, 0.6) is 0 Å². The molecule has 0 radical (unpaired) electrons. The van der Waals surface area contributed by atoms with Crippen LogP contribution in [-0.2, 0) is 13.1 Å². The Morgan fingerprint density at radius 3 is 2.50 bits per heavy atom. The summed E-state index contributed by atoms with van der Waals surface area (Å²) < 4.78 is 8.93. The zero-order chi connectivity index (χ0) is 20.8. The molecule has 3 aromatic heterocycles. The zero-order valence-electron chi connectivity index (χ0n) is 16.1. The van der Waals surface area contributed by atoms with Gasteiger partial charge in [-0.1, -0.05) is 17.7 Å². The molecule has 150 valence electrons. The predicted octanol–water partition coefficient (Wildman–Crippen LogP) is 3.63. The highest BCUT2D eigenvalue weighted by molar-refractivity contribution is 5.92. The number of benzene rings is 1. The van der Waals surface area contributed by atoms with Crippen LogP contribution in [0.4, 0.5) is 5.88 Å². The molecular formula is C21H17N5O4. The molecule has 0 unspecified atom stereocenters. The van der Waals surface area contributed by atoms with Crippen LogP contribution in [-0.4, -0.2) is 30.1 Å². The largest absolute Gasteiger partial charge is 0.433 e. The van der Waals surface area contributed by atoms with Gasteiger partial charge in [0.05, 0.1) is 30.5 Å². The topological polar surface area (TPSA) is 99.3 Å². The Balaban J connectivity index is 1.51. The van der Waals surface area contributed by atoms with E-state index in [0.29, 0.717) is 13.1 Å². The summed E-state index contributed by atoms with van der Waals surface area (Å²) in [6, 6.07) is 14.5. The molecule has 0 aliphatic carbocycles. The summed E-state index contributed by atoms with van der Waals surface area (Å²) in [6.07, 6.45) is 3.87. The molecule has 1 amide bonds. The van der Waals surface area contributed by atoms with E-state index < -0.39 is 16.7 Å². The molecule has 1 aromatic carbocycles. The van der Waals surface area contributed by atoms with Gasteiger partial charge in [-0.25, -0.2) is 4.68 Å². The van der Waals surface area contributed by atoms with Crippen LogP contribution in [0.25, 0.3) is 11.5 Å². The van der Waals surface area contributed by atoms with Crippen LogP contribution in [0.15, 0.2) is 65.3 Å². The van der Waals surface area contributed by atoms with E-state index in [-0.39, 0.29) is 5.76 Å². The first-order valence-electron chi connectivity index (χ1n) is 9.36. The van der Waals surface area contributed by atoms with Crippen LogP contribution in [0, 0.1) is 17.0 Å². The highest BCUT2D eigenvalue weighted by atomic mass is 16.6. The van der Waals surface area contributed by atoms with E-state index in [1.165, 1.54) is 12.1 Å². The summed E-state index contributed by atoms with van der Waals surface area (Å²) in [5.41, 5.74) is 3.80. The van der Waals surface area contributed by atoms with Gasteiger partial charge in [-0.05, 0) is 37.3 Å². The maximum Gasteiger partial charge on any atom is 0.433 e. The molecule has 9 heteroatoms. The molecule has 0 atom stereocenters. The maximum atomic E-state index is 12.8. The molecule has 9 nitrogen and oxygen atoms in total. The molecule has 0 N–H and O–H groups in total. The Kier molecular flexibility index (Phi) is 4.02. The number of nitrogens with zero attached hydrogens (tertiary/aromatic N) is 5. The molecule has 0 bridgehead atoms. The van der Waals surface area contributed by atoms with Crippen LogP contribution in [0.2, 0.25) is 0 Å². The van der Waals surface area contributed by atoms with Gasteiger partial charge in [-0.3, -0.25) is 14.9 Å². The van der Waals surface area contributed by atoms with Gasteiger partial charge in [-0.2, -0.15) is 5.10 Å². The third kappa shape index (κ3) is 2.87. The Hall–Kier alpha value is -4.14. The van der Waals surface area contributed by atoms with Gasteiger partial charge in [0, 0.05) is 18.0 Å². The van der Waals surface area contributed by atoms with Crippen LogP contribution >= 0.6 is 0 Å². The van der Waals surface area contributed by atoms with Crippen molar-refractivity contribution in [3.8, 4) is 11.5 Å². The minimum atomic E-state index is -0.661. The SMILES string of the molecule is Cc1ccc(-n2nc3c(c2-n2cccc2)CN(C(=O)c2ccc([N+](=O)[O-])o2)C3)cc1. The lowest BCUT2D eigenvalue weighted by molar-refractivity contribution is -0.402. The van der Waals surface area contributed by atoms with E-state index in [1.54, 1.807) is 4.90 Å². The third-order valence-electron chi connectivity index (χ3n) is 5.13.